The molecular weight excluding hydrogens is 404 g/mol. The average molecular weight is 423 g/mol. The van der Waals surface area contributed by atoms with Crippen molar-refractivity contribution in [3.63, 3.8) is 0 Å². The standard InChI is InChI=1S/C17H18ClF3N4O.ClH/c1-10-6-7-22-9-14(10)24-16(26)13-8-23-25(15(13)17(19,20)21)12-4-2-11(18)3-5-12;/h2-5,8,10,14,22H,6-7,9H2,1H3,(H,24,26);1H. The summed E-state index contributed by atoms with van der Waals surface area (Å²) in [6.45, 7) is 3.32. The molecule has 5 nitrogen and oxygen atoms in total. The van der Waals surface area contributed by atoms with Crippen molar-refractivity contribution in [3.8, 4) is 5.69 Å². The lowest BCUT2D eigenvalue weighted by molar-refractivity contribution is -0.143. The highest BCUT2D eigenvalue weighted by Gasteiger charge is 2.41. The maximum absolute atomic E-state index is 13.6. The van der Waals surface area contributed by atoms with E-state index in [2.05, 4.69) is 15.7 Å². The van der Waals surface area contributed by atoms with Crippen LogP contribution >= 0.6 is 24.0 Å². The van der Waals surface area contributed by atoms with Gasteiger partial charge in [-0.2, -0.15) is 18.3 Å². The second kappa shape index (κ2) is 8.50. The third-order valence-corrected chi connectivity index (χ3v) is 4.75. The second-order valence-electron chi connectivity index (χ2n) is 6.34. The quantitative estimate of drug-likeness (QED) is 0.792. The van der Waals surface area contributed by atoms with Crippen molar-refractivity contribution in [1.82, 2.24) is 20.4 Å². The molecule has 0 aliphatic carbocycles. The van der Waals surface area contributed by atoms with E-state index in [1.165, 1.54) is 24.3 Å². The lowest BCUT2D eigenvalue weighted by atomic mass is 9.94. The van der Waals surface area contributed by atoms with Crippen molar-refractivity contribution >= 4 is 29.9 Å². The molecule has 10 heteroatoms. The Kier molecular flexibility index (Phi) is 6.77. The van der Waals surface area contributed by atoms with E-state index in [0.717, 1.165) is 19.2 Å². The SMILES string of the molecule is CC1CCNCC1NC(=O)c1cnn(-c2ccc(Cl)cc2)c1C(F)(F)F.Cl. The molecule has 1 saturated heterocycles. The minimum atomic E-state index is -4.74. The van der Waals surface area contributed by atoms with Crippen LogP contribution in [0.1, 0.15) is 29.4 Å². The zero-order chi connectivity index (χ0) is 18.9. The molecule has 3 rings (SSSR count). The van der Waals surface area contributed by atoms with Crippen molar-refractivity contribution in [1.29, 1.82) is 0 Å². The van der Waals surface area contributed by atoms with Crippen LogP contribution in [-0.2, 0) is 6.18 Å². The van der Waals surface area contributed by atoms with Crippen LogP contribution in [-0.4, -0.2) is 34.8 Å². The number of halogens is 5. The number of benzene rings is 1. The fourth-order valence-electron chi connectivity index (χ4n) is 2.99. The minimum Gasteiger partial charge on any atom is -0.348 e. The Bertz CT molecular complexity index is 792. The van der Waals surface area contributed by atoms with Crippen molar-refractivity contribution in [3.05, 3.63) is 46.7 Å². The Balaban J connectivity index is 0.00000261. The van der Waals surface area contributed by atoms with Crippen molar-refractivity contribution in [2.45, 2.75) is 25.6 Å². The van der Waals surface area contributed by atoms with Gasteiger partial charge in [-0.15, -0.1) is 12.4 Å². The van der Waals surface area contributed by atoms with Gasteiger partial charge in [0, 0.05) is 17.6 Å². The Morgan fingerprint density at radius 2 is 2.00 bits per heavy atom. The summed E-state index contributed by atoms with van der Waals surface area (Å²) in [6.07, 6.45) is -2.94. The molecule has 1 fully saturated rings. The van der Waals surface area contributed by atoms with Crippen LogP contribution in [0, 0.1) is 5.92 Å². The minimum absolute atomic E-state index is 0. The van der Waals surface area contributed by atoms with E-state index >= 15 is 0 Å². The number of nitrogens with one attached hydrogen (secondary N) is 2. The molecule has 148 valence electrons. The molecule has 2 N–H and O–H groups in total. The number of hydrogen-bond acceptors (Lipinski definition) is 3. The van der Waals surface area contributed by atoms with E-state index < -0.39 is 23.3 Å². The summed E-state index contributed by atoms with van der Waals surface area (Å²) in [4.78, 5) is 12.5. The fraction of sp³-hybridized carbons (Fsp3) is 0.412. The van der Waals surface area contributed by atoms with Gasteiger partial charge in [0.15, 0.2) is 5.69 Å². The normalized spacial score (nSPS) is 20.0. The molecule has 0 bridgehead atoms. The number of nitrogens with zero attached hydrogens (tertiary/aromatic N) is 2. The maximum atomic E-state index is 13.6. The Labute approximate surface area is 165 Å². The van der Waals surface area contributed by atoms with Crippen LogP contribution < -0.4 is 10.6 Å². The average Bonchev–Trinajstić information content (AvgIpc) is 3.03. The molecule has 2 atom stereocenters. The maximum Gasteiger partial charge on any atom is 0.434 e. The highest BCUT2D eigenvalue weighted by Crippen LogP contribution is 2.34. The van der Waals surface area contributed by atoms with Crippen molar-refractivity contribution in [2.75, 3.05) is 13.1 Å². The summed E-state index contributed by atoms with van der Waals surface area (Å²) in [5, 5.41) is 10.0. The van der Waals surface area contributed by atoms with Crippen LogP contribution in [0.25, 0.3) is 5.69 Å². The topological polar surface area (TPSA) is 58.9 Å². The van der Waals surface area contributed by atoms with Crippen LogP contribution in [0.3, 0.4) is 0 Å². The number of amides is 1. The van der Waals surface area contributed by atoms with Gasteiger partial charge in [0.25, 0.3) is 5.91 Å². The van der Waals surface area contributed by atoms with Crippen molar-refractivity contribution < 1.29 is 18.0 Å². The fourth-order valence-corrected chi connectivity index (χ4v) is 3.12. The molecule has 1 amide bonds. The zero-order valence-corrected chi connectivity index (χ0v) is 16.0. The highest BCUT2D eigenvalue weighted by molar-refractivity contribution is 6.30. The smallest absolute Gasteiger partial charge is 0.348 e. The first-order valence-corrected chi connectivity index (χ1v) is 8.58. The summed E-state index contributed by atoms with van der Waals surface area (Å²) in [7, 11) is 0. The molecule has 2 aromatic rings. The lowest BCUT2D eigenvalue weighted by Gasteiger charge is -2.30. The number of alkyl halides is 3. The first-order chi connectivity index (χ1) is 12.3. The molecule has 1 aliphatic rings. The third-order valence-electron chi connectivity index (χ3n) is 4.50. The zero-order valence-electron chi connectivity index (χ0n) is 14.4. The van der Waals surface area contributed by atoms with Gasteiger partial charge >= 0.3 is 6.18 Å². The molecule has 2 unspecified atom stereocenters. The van der Waals surface area contributed by atoms with Crippen LogP contribution in [0.5, 0.6) is 0 Å². The monoisotopic (exact) mass is 422 g/mol. The molecular formula is C17H19Cl2F3N4O. The largest absolute Gasteiger partial charge is 0.434 e. The van der Waals surface area contributed by atoms with Crippen LogP contribution in [0.4, 0.5) is 13.2 Å². The molecule has 2 heterocycles. The van der Waals surface area contributed by atoms with Crippen LogP contribution in [0.15, 0.2) is 30.5 Å². The summed E-state index contributed by atoms with van der Waals surface area (Å²) in [6, 6.07) is 5.54. The summed E-state index contributed by atoms with van der Waals surface area (Å²) >= 11 is 5.78. The second-order valence-corrected chi connectivity index (χ2v) is 6.78. The first-order valence-electron chi connectivity index (χ1n) is 8.20. The van der Waals surface area contributed by atoms with Crippen LogP contribution in [0.2, 0.25) is 5.02 Å². The van der Waals surface area contributed by atoms with Crippen molar-refractivity contribution in [2.24, 2.45) is 5.92 Å². The lowest BCUT2D eigenvalue weighted by Crippen LogP contribution is -2.50. The molecule has 1 aromatic heterocycles. The molecule has 27 heavy (non-hydrogen) atoms. The number of carbonyl (C=O) groups is 1. The van der Waals surface area contributed by atoms with E-state index in [1.54, 1.807) is 0 Å². The van der Waals surface area contributed by atoms with Gasteiger partial charge in [0.2, 0.25) is 0 Å². The van der Waals surface area contributed by atoms with Gasteiger partial charge in [-0.3, -0.25) is 4.79 Å². The van der Waals surface area contributed by atoms with Gasteiger partial charge in [-0.1, -0.05) is 18.5 Å². The van der Waals surface area contributed by atoms with Gasteiger partial charge < -0.3 is 10.6 Å². The molecule has 0 saturated carbocycles. The summed E-state index contributed by atoms with van der Waals surface area (Å²) in [5.41, 5.74) is -1.42. The van der Waals surface area contributed by atoms with E-state index in [9.17, 15) is 18.0 Å². The number of rotatable bonds is 3. The van der Waals surface area contributed by atoms with E-state index in [-0.39, 0.29) is 30.1 Å². The Morgan fingerprint density at radius 1 is 1.33 bits per heavy atom. The van der Waals surface area contributed by atoms with Gasteiger partial charge in [0.1, 0.15) is 0 Å². The summed E-state index contributed by atoms with van der Waals surface area (Å²) in [5.74, 6) is -0.598. The number of hydrogen-bond donors (Lipinski definition) is 2. The predicted molar refractivity (Wildman–Crippen MR) is 98.7 cm³/mol. The number of piperidine rings is 1. The van der Waals surface area contributed by atoms with E-state index in [1.807, 2.05) is 6.92 Å². The van der Waals surface area contributed by atoms with Gasteiger partial charge in [0.05, 0.1) is 17.4 Å². The number of aromatic nitrogens is 2. The Hall–Kier alpha value is -1.77. The first kappa shape index (κ1) is 21.5. The number of carbonyl (C=O) groups excluding carboxylic acids is 1. The van der Waals surface area contributed by atoms with Gasteiger partial charge in [-0.05, 0) is 43.1 Å². The molecule has 0 spiro atoms. The summed E-state index contributed by atoms with van der Waals surface area (Å²) < 4.78 is 41.6. The predicted octanol–water partition coefficient (Wildman–Crippen LogP) is 3.69. The van der Waals surface area contributed by atoms with E-state index in [4.69, 9.17) is 11.6 Å². The van der Waals surface area contributed by atoms with Gasteiger partial charge in [-0.25, -0.2) is 4.68 Å². The molecule has 1 aromatic carbocycles. The molecule has 0 radical (unpaired) electrons. The van der Waals surface area contributed by atoms with E-state index in [0.29, 0.717) is 16.2 Å². The third kappa shape index (κ3) is 4.75. The highest BCUT2D eigenvalue weighted by atomic mass is 35.5. The Morgan fingerprint density at radius 3 is 2.59 bits per heavy atom. The molecule has 1 aliphatic heterocycles.